The summed E-state index contributed by atoms with van der Waals surface area (Å²) in [4.78, 5) is 11.1. The van der Waals surface area contributed by atoms with Crippen LogP contribution in [0.1, 0.15) is 5.56 Å². The Bertz CT molecular complexity index is 629. The Morgan fingerprint density at radius 1 is 1.19 bits per heavy atom. The normalized spacial score (nSPS) is 10.0. The largest absolute Gasteiger partial charge is 0.506 e. The number of benzene rings is 2. The van der Waals surface area contributed by atoms with Crippen LogP contribution < -0.4 is 10.6 Å². The molecule has 0 aliphatic carbocycles. The number of hydrogen-bond acceptors (Lipinski definition) is 4. The van der Waals surface area contributed by atoms with Crippen molar-refractivity contribution in [2.75, 3.05) is 17.7 Å². The second-order valence-corrected chi connectivity index (χ2v) is 5.15. The topological polar surface area (TPSA) is 70.6 Å². The van der Waals surface area contributed by atoms with E-state index in [9.17, 15) is 9.90 Å². The highest BCUT2D eigenvalue weighted by Crippen LogP contribution is 2.28. The summed E-state index contributed by atoms with van der Waals surface area (Å²) in [6.07, 6.45) is -0.505. The van der Waals surface area contributed by atoms with E-state index < -0.39 is 6.09 Å². The zero-order chi connectivity index (χ0) is 15.2. The van der Waals surface area contributed by atoms with Crippen LogP contribution in [0.3, 0.4) is 0 Å². The summed E-state index contributed by atoms with van der Waals surface area (Å²) in [6, 6.07) is 12.7. The van der Waals surface area contributed by atoms with E-state index in [0.29, 0.717) is 16.7 Å². The first kappa shape index (κ1) is 15.2. The van der Waals surface area contributed by atoms with Gasteiger partial charge in [-0.2, -0.15) is 0 Å². The number of phenols is 1. The summed E-state index contributed by atoms with van der Waals surface area (Å²) in [5.74, 6) is 0.231. The van der Waals surface area contributed by atoms with Crippen molar-refractivity contribution in [3.05, 3.63) is 52.5 Å². The Kier molecular flexibility index (Phi) is 5.05. The molecule has 2 aromatic carbocycles. The number of phenolic OH excluding ortho intramolecular Hbond substituents is 1. The number of hydrogen-bond donors (Lipinski definition) is 3. The molecule has 2 rings (SSSR count). The van der Waals surface area contributed by atoms with Gasteiger partial charge in [0.25, 0.3) is 0 Å². The van der Waals surface area contributed by atoms with Gasteiger partial charge in [-0.25, -0.2) is 4.79 Å². The average Bonchev–Trinajstić information content (AvgIpc) is 2.50. The van der Waals surface area contributed by atoms with Gasteiger partial charge in [0.1, 0.15) is 5.75 Å². The second-order valence-electron chi connectivity index (χ2n) is 4.30. The number of carbonyl (C=O) groups is 1. The maximum Gasteiger partial charge on any atom is 0.411 e. The number of para-hydroxylation sites is 1. The standard InChI is InChI=1S/C15H15BrN2O3/c1-21-15(20)18-12-7-5-11(6-8-12)17-9-10-3-2-4-13(16)14(10)19/h2-8,17,19H,9H2,1H3,(H,18,20). The van der Waals surface area contributed by atoms with E-state index in [4.69, 9.17) is 0 Å². The Balaban J connectivity index is 1.97. The quantitative estimate of drug-likeness (QED) is 0.780. The maximum absolute atomic E-state index is 11.1. The molecule has 0 aliphatic rings. The highest BCUT2D eigenvalue weighted by Gasteiger charge is 2.05. The van der Waals surface area contributed by atoms with E-state index in [2.05, 4.69) is 31.3 Å². The minimum absolute atomic E-state index is 0.231. The molecule has 0 aliphatic heterocycles. The van der Waals surface area contributed by atoms with Crippen molar-refractivity contribution >= 4 is 33.4 Å². The smallest absolute Gasteiger partial charge is 0.411 e. The van der Waals surface area contributed by atoms with Crippen LogP contribution in [-0.4, -0.2) is 18.3 Å². The summed E-state index contributed by atoms with van der Waals surface area (Å²) in [7, 11) is 1.32. The molecule has 0 radical (unpaired) electrons. The van der Waals surface area contributed by atoms with E-state index >= 15 is 0 Å². The van der Waals surface area contributed by atoms with Crippen LogP contribution in [-0.2, 0) is 11.3 Å². The van der Waals surface area contributed by atoms with Gasteiger partial charge in [-0.15, -0.1) is 0 Å². The first-order chi connectivity index (χ1) is 10.1. The van der Waals surface area contributed by atoms with Gasteiger partial charge in [0, 0.05) is 23.5 Å². The van der Waals surface area contributed by atoms with Gasteiger partial charge < -0.3 is 15.2 Å². The molecule has 5 nitrogen and oxygen atoms in total. The zero-order valence-corrected chi connectivity index (χ0v) is 13.0. The van der Waals surface area contributed by atoms with Crippen molar-refractivity contribution in [2.24, 2.45) is 0 Å². The van der Waals surface area contributed by atoms with Crippen LogP contribution in [0.15, 0.2) is 46.9 Å². The van der Waals surface area contributed by atoms with Crippen LogP contribution in [0, 0.1) is 0 Å². The summed E-state index contributed by atoms with van der Waals surface area (Å²) in [6.45, 7) is 0.495. The van der Waals surface area contributed by atoms with Crippen molar-refractivity contribution in [2.45, 2.75) is 6.54 Å². The number of halogens is 1. The summed E-state index contributed by atoms with van der Waals surface area (Å²) < 4.78 is 5.18. The molecule has 0 bridgehead atoms. The number of nitrogens with one attached hydrogen (secondary N) is 2. The molecule has 1 amide bonds. The number of ether oxygens (including phenoxy) is 1. The highest BCUT2D eigenvalue weighted by atomic mass is 79.9. The van der Waals surface area contributed by atoms with Gasteiger partial charge >= 0.3 is 6.09 Å². The summed E-state index contributed by atoms with van der Waals surface area (Å²) in [5, 5.41) is 15.7. The van der Waals surface area contributed by atoms with Crippen LogP contribution in [0.4, 0.5) is 16.2 Å². The molecule has 2 aromatic rings. The Labute approximate surface area is 131 Å². The molecule has 21 heavy (non-hydrogen) atoms. The minimum Gasteiger partial charge on any atom is -0.506 e. The molecule has 110 valence electrons. The number of methoxy groups -OCH3 is 1. The van der Waals surface area contributed by atoms with Gasteiger partial charge in [0.05, 0.1) is 11.6 Å². The lowest BCUT2D eigenvalue weighted by Gasteiger charge is -2.10. The molecule has 6 heteroatoms. The van der Waals surface area contributed by atoms with E-state index in [1.807, 2.05) is 24.3 Å². The lowest BCUT2D eigenvalue weighted by molar-refractivity contribution is 0.187. The van der Waals surface area contributed by atoms with Crippen molar-refractivity contribution in [3.8, 4) is 5.75 Å². The maximum atomic E-state index is 11.1. The third kappa shape index (κ3) is 4.13. The van der Waals surface area contributed by atoms with Crippen LogP contribution in [0.5, 0.6) is 5.75 Å². The fourth-order valence-corrected chi connectivity index (χ4v) is 2.15. The van der Waals surface area contributed by atoms with E-state index in [1.54, 1.807) is 18.2 Å². The summed E-state index contributed by atoms with van der Waals surface area (Å²) in [5.41, 5.74) is 2.32. The number of anilines is 2. The van der Waals surface area contributed by atoms with Crippen molar-refractivity contribution in [1.29, 1.82) is 0 Å². The van der Waals surface area contributed by atoms with Crippen LogP contribution >= 0.6 is 15.9 Å². The molecule has 0 aromatic heterocycles. The molecule has 0 atom stereocenters. The molecule has 0 saturated carbocycles. The van der Waals surface area contributed by atoms with Crippen molar-refractivity contribution in [1.82, 2.24) is 0 Å². The van der Waals surface area contributed by atoms with Gasteiger partial charge in [-0.05, 0) is 46.3 Å². The molecule has 3 N–H and O–H groups in total. The van der Waals surface area contributed by atoms with Gasteiger partial charge in [-0.3, -0.25) is 5.32 Å². The van der Waals surface area contributed by atoms with Crippen molar-refractivity contribution < 1.29 is 14.6 Å². The molecular weight excluding hydrogens is 336 g/mol. The molecule has 0 saturated heterocycles. The Hall–Kier alpha value is -2.21. The molecule has 0 unspecified atom stereocenters. The first-order valence-corrected chi connectivity index (χ1v) is 7.04. The Morgan fingerprint density at radius 3 is 2.52 bits per heavy atom. The van der Waals surface area contributed by atoms with Crippen molar-refractivity contribution in [3.63, 3.8) is 0 Å². The second kappa shape index (κ2) is 6.99. The van der Waals surface area contributed by atoms with E-state index in [0.717, 1.165) is 11.3 Å². The summed E-state index contributed by atoms with van der Waals surface area (Å²) >= 11 is 3.28. The number of aromatic hydroxyl groups is 1. The van der Waals surface area contributed by atoms with Crippen LogP contribution in [0.25, 0.3) is 0 Å². The fourth-order valence-electron chi connectivity index (χ4n) is 1.74. The lowest BCUT2D eigenvalue weighted by Crippen LogP contribution is -2.10. The fraction of sp³-hybridized carbons (Fsp3) is 0.133. The Morgan fingerprint density at radius 2 is 1.86 bits per heavy atom. The number of rotatable bonds is 4. The monoisotopic (exact) mass is 350 g/mol. The average molecular weight is 351 g/mol. The predicted molar refractivity (Wildman–Crippen MR) is 85.6 cm³/mol. The molecule has 0 heterocycles. The predicted octanol–water partition coefficient (Wildman–Crippen LogP) is 3.95. The minimum atomic E-state index is -0.505. The lowest BCUT2D eigenvalue weighted by atomic mass is 10.2. The van der Waals surface area contributed by atoms with Gasteiger partial charge in [-0.1, -0.05) is 12.1 Å². The third-order valence-corrected chi connectivity index (χ3v) is 3.51. The van der Waals surface area contributed by atoms with Crippen LogP contribution in [0.2, 0.25) is 0 Å². The highest BCUT2D eigenvalue weighted by molar-refractivity contribution is 9.10. The molecule has 0 spiro atoms. The van der Waals surface area contributed by atoms with Gasteiger partial charge in [0.2, 0.25) is 0 Å². The molecular formula is C15H15BrN2O3. The van der Waals surface area contributed by atoms with E-state index in [-0.39, 0.29) is 5.75 Å². The molecule has 0 fully saturated rings. The third-order valence-electron chi connectivity index (χ3n) is 2.87. The zero-order valence-electron chi connectivity index (χ0n) is 11.4. The number of amides is 1. The SMILES string of the molecule is COC(=O)Nc1ccc(NCc2cccc(Br)c2O)cc1. The number of carbonyl (C=O) groups excluding carboxylic acids is 1. The van der Waals surface area contributed by atoms with Gasteiger partial charge in [0.15, 0.2) is 0 Å². The first-order valence-electron chi connectivity index (χ1n) is 6.25. The van der Waals surface area contributed by atoms with E-state index in [1.165, 1.54) is 7.11 Å².